The highest BCUT2D eigenvalue weighted by molar-refractivity contribution is 4.86. The molecular formula is C19H37N2+. The van der Waals surface area contributed by atoms with Crippen molar-refractivity contribution >= 4 is 0 Å². The van der Waals surface area contributed by atoms with E-state index in [-0.39, 0.29) is 0 Å². The minimum absolute atomic E-state index is 0.576. The summed E-state index contributed by atoms with van der Waals surface area (Å²) in [5.74, 6) is 1.53. The van der Waals surface area contributed by atoms with Crippen LogP contribution in [0, 0.1) is 0 Å². The molecule has 0 aliphatic heterocycles. The Bertz CT molecular complexity index is 366. The molecule has 2 heteroatoms. The highest BCUT2D eigenvalue weighted by Gasteiger charge is 2.18. The molecule has 0 saturated carbocycles. The fraction of sp³-hybridized carbons (Fsp3) is 0.842. The third-order valence-electron chi connectivity index (χ3n) is 4.31. The van der Waals surface area contributed by atoms with Crippen molar-refractivity contribution in [3.63, 3.8) is 0 Å². The van der Waals surface area contributed by atoms with Crippen molar-refractivity contribution in [1.29, 1.82) is 0 Å². The molecule has 2 nitrogen and oxygen atoms in total. The molecule has 0 radical (unpaired) electrons. The molecule has 1 heterocycles. The second-order valence-corrected chi connectivity index (χ2v) is 6.63. The summed E-state index contributed by atoms with van der Waals surface area (Å²) in [6.07, 6.45) is 18.2. The summed E-state index contributed by atoms with van der Waals surface area (Å²) >= 11 is 0. The molecule has 1 aromatic rings. The van der Waals surface area contributed by atoms with Crippen molar-refractivity contribution in [2.75, 3.05) is 0 Å². The Balaban J connectivity index is 2.31. The zero-order valence-corrected chi connectivity index (χ0v) is 14.9. The number of rotatable bonds is 12. The summed E-state index contributed by atoms with van der Waals surface area (Å²) in [5.41, 5.74) is 0. The van der Waals surface area contributed by atoms with E-state index >= 15 is 0 Å². The summed E-state index contributed by atoms with van der Waals surface area (Å²) in [7, 11) is 0. The Morgan fingerprint density at radius 2 is 1.52 bits per heavy atom. The standard InChI is InChI=1S/C19H37N2/c1-5-7-8-9-10-11-12-13-14-19-20(15-6-2)16-17-21(19)18(3)4/h16-18H,5-15H2,1-4H3/q+1. The first-order chi connectivity index (χ1) is 10.2. The van der Waals surface area contributed by atoms with E-state index in [1.54, 1.807) is 0 Å². The van der Waals surface area contributed by atoms with E-state index in [0.717, 1.165) is 6.54 Å². The normalized spacial score (nSPS) is 11.5. The lowest BCUT2D eigenvalue weighted by atomic mass is 10.1. The fourth-order valence-electron chi connectivity index (χ4n) is 3.08. The van der Waals surface area contributed by atoms with Crippen LogP contribution in [0.3, 0.4) is 0 Å². The molecule has 0 spiro atoms. The molecule has 0 fully saturated rings. The first-order valence-corrected chi connectivity index (χ1v) is 9.29. The van der Waals surface area contributed by atoms with Crippen LogP contribution in [0.5, 0.6) is 0 Å². The van der Waals surface area contributed by atoms with Gasteiger partial charge in [-0.25, -0.2) is 9.13 Å². The van der Waals surface area contributed by atoms with E-state index in [1.807, 2.05) is 0 Å². The molecular weight excluding hydrogens is 256 g/mol. The predicted octanol–water partition coefficient (Wildman–Crippen LogP) is 5.45. The van der Waals surface area contributed by atoms with Crippen LogP contribution in [0.15, 0.2) is 12.4 Å². The van der Waals surface area contributed by atoms with Gasteiger partial charge in [0, 0.05) is 6.42 Å². The third-order valence-corrected chi connectivity index (χ3v) is 4.31. The highest BCUT2D eigenvalue weighted by atomic mass is 15.2. The van der Waals surface area contributed by atoms with E-state index in [1.165, 1.54) is 70.0 Å². The molecule has 0 atom stereocenters. The van der Waals surface area contributed by atoms with Crippen molar-refractivity contribution in [2.24, 2.45) is 0 Å². The van der Waals surface area contributed by atoms with Crippen molar-refractivity contribution in [3.8, 4) is 0 Å². The van der Waals surface area contributed by atoms with Gasteiger partial charge in [-0.3, -0.25) is 0 Å². The summed E-state index contributed by atoms with van der Waals surface area (Å²) in [5, 5.41) is 0. The molecule has 122 valence electrons. The lowest BCUT2D eigenvalue weighted by molar-refractivity contribution is -0.704. The quantitative estimate of drug-likeness (QED) is 0.358. The van der Waals surface area contributed by atoms with Crippen LogP contribution < -0.4 is 4.57 Å². The predicted molar refractivity (Wildman–Crippen MR) is 91.6 cm³/mol. The van der Waals surface area contributed by atoms with Crippen LogP contribution in [0.25, 0.3) is 0 Å². The van der Waals surface area contributed by atoms with Gasteiger partial charge in [0.05, 0.1) is 12.6 Å². The van der Waals surface area contributed by atoms with Gasteiger partial charge in [-0.1, -0.05) is 58.8 Å². The Hall–Kier alpha value is -0.790. The summed E-state index contributed by atoms with van der Waals surface area (Å²) in [6.45, 7) is 10.3. The number of hydrogen-bond donors (Lipinski definition) is 0. The van der Waals surface area contributed by atoms with Gasteiger partial charge in [0.1, 0.15) is 12.4 Å². The molecule has 0 N–H and O–H groups in total. The second kappa shape index (κ2) is 10.9. The lowest BCUT2D eigenvalue weighted by Crippen LogP contribution is -2.37. The fourth-order valence-corrected chi connectivity index (χ4v) is 3.08. The number of nitrogens with zero attached hydrogens (tertiary/aromatic N) is 2. The Kier molecular flexibility index (Phi) is 9.45. The molecule has 0 amide bonds. The third kappa shape index (κ3) is 6.67. The number of aromatic nitrogens is 2. The number of hydrogen-bond acceptors (Lipinski definition) is 0. The number of unbranched alkanes of at least 4 members (excludes halogenated alkanes) is 7. The van der Waals surface area contributed by atoms with Crippen LogP contribution in [-0.2, 0) is 13.0 Å². The largest absolute Gasteiger partial charge is 0.256 e. The van der Waals surface area contributed by atoms with Crippen molar-refractivity contribution in [1.82, 2.24) is 4.57 Å². The molecule has 0 bridgehead atoms. The van der Waals surface area contributed by atoms with Crippen LogP contribution in [0.1, 0.15) is 97.3 Å². The average molecular weight is 294 g/mol. The van der Waals surface area contributed by atoms with Gasteiger partial charge in [0.2, 0.25) is 0 Å². The van der Waals surface area contributed by atoms with E-state index in [0.29, 0.717) is 6.04 Å². The average Bonchev–Trinajstić information content (AvgIpc) is 2.85. The molecule has 0 saturated heterocycles. The molecule has 0 aromatic carbocycles. The topological polar surface area (TPSA) is 8.81 Å². The maximum atomic E-state index is 2.46. The first-order valence-electron chi connectivity index (χ1n) is 9.29. The maximum Gasteiger partial charge on any atom is 0.256 e. The highest BCUT2D eigenvalue weighted by Crippen LogP contribution is 2.13. The van der Waals surface area contributed by atoms with Crippen LogP contribution >= 0.6 is 0 Å². The van der Waals surface area contributed by atoms with Gasteiger partial charge >= 0.3 is 0 Å². The zero-order chi connectivity index (χ0) is 15.5. The molecule has 21 heavy (non-hydrogen) atoms. The van der Waals surface area contributed by atoms with E-state index in [2.05, 4.69) is 49.2 Å². The Labute approximate surface area is 132 Å². The first kappa shape index (κ1) is 18.3. The molecule has 0 aliphatic carbocycles. The number of imidazole rings is 1. The minimum Gasteiger partial charge on any atom is -0.234 e. The van der Waals surface area contributed by atoms with E-state index < -0.39 is 0 Å². The van der Waals surface area contributed by atoms with Gasteiger partial charge in [-0.2, -0.15) is 0 Å². The van der Waals surface area contributed by atoms with E-state index in [4.69, 9.17) is 0 Å². The lowest BCUT2D eigenvalue weighted by Gasteiger charge is -2.07. The van der Waals surface area contributed by atoms with Crippen molar-refractivity contribution in [2.45, 2.75) is 104 Å². The smallest absolute Gasteiger partial charge is 0.234 e. The van der Waals surface area contributed by atoms with E-state index in [9.17, 15) is 0 Å². The monoisotopic (exact) mass is 293 g/mol. The van der Waals surface area contributed by atoms with Gasteiger partial charge in [-0.05, 0) is 26.7 Å². The van der Waals surface area contributed by atoms with Crippen molar-refractivity contribution in [3.05, 3.63) is 18.2 Å². The Morgan fingerprint density at radius 1 is 0.905 bits per heavy atom. The Morgan fingerprint density at radius 3 is 2.10 bits per heavy atom. The minimum atomic E-state index is 0.576. The molecule has 1 rings (SSSR count). The zero-order valence-electron chi connectivity index (χ0n) is 14.9. The van der Waals surface area contributed by atoms with Crippen LogP contribution in [-0.4, -0.2) is 4.57 Å². The summed E-state index contributed by atoms with van der Waals surface area (Å²) in [6, 6.07) is 0.576. The molecule has 0 aliphatic rings. The molecule has 0 unspecified atom stereocenters. The van der Waals surface area contributed by atoms with Crippen LogP contribution in [0.2, 0.25) is 0 Å². The maximum absolute atomic E-state index is 2.46. The summed E-state index contributed by atoms with van der Waals surface area (Å²) < 4.78 is 4.91. The number of aryl methyl sites for hydroxylation is 1. The second-order valence-electron chi connectivity index (χ2n) is 6.63. The SMILES string of the molecule is CCCCCCCCCCc1n(C(C)C)cc[n+]1CCC. The van der Waals surface area contributed by atoms with Crippen molar-refractivity contribution < 1.29 is 4.57 Å². The van der Waals surface area contributed by atoms with Crippen LogP contribution in [0.4, 0.5) is 0 Å². The van der Waals surface area contributed by atoms with Gasteiger partial charge in [0.15, 0.2) is 0 Å². The summed E-state index contributed by atoms with van der Waals surface area (Å²) in [4.78, 5) is 0. The van der Waals surface area contributed by atoms with Gasteiger partial charge in [0.25, 0.3) is 5.82 Å². The molecule has 1 aromatic heterocycles. The van der Waals surface area contributed by atoms with Gasteiger partial charge < -0.3 is 0 Å². The van der Waals surface area contributed by atoms with Gasteiger partial charge in [-0.15, -0.1) is 0 Å².